The number of carbonyl (C=O) groups is 2. The van der Waals surface area contributed by atoms with E-state index in [0.29, 0.717) is 66.3 Å². The Hall–Kier alpha value is -3.69. The maximum absolute atomic E-state index is 13.6. The normalized spacial score (nSPS) is 14.9. The van der Waals surface area contributed by atoms with E-state index in [1.54, 1.807) is 38.5 Å². The number of hydrogen-bond donors (Lipinski definition) is 2. The highest BCUT2D eigenvalue weighted by Crippen LogP contribution is 2.46. The number of alkyl halides is 1. The number of hydrogen-bond acceptors (Lipinski definition) is 9. The third kappa shape index (κ3) is 5.93. The number of nitrogens with one attached hydrogen (secondary N) is 2. The van der Waals surface area contributed by atoms with Crippen LogP contribution in [0, 0.1) is 0 Å². The number of carbonyl (C=O) groups excluding carboxylic acids is 2. The van der Waals surface area contributed by atoms with Gasteiger partial charge in [-0.25, -0.2) is 19.7 Å². The molecule has 2 aromatic heterocycles. The predicted molar refractivity (Wildman–Crippen MR) is 176 cm³/mol. The van der Waals surface area contributed by atoms with Gasteiger partial charge in [-0.15, -0.1) is 11.3 Å². The van der Waals surface area contributed by atoms with Crippen LogP contribution in [0.3, 0.4) is 0 Å². The molecule has 0 unspecified atom stereocenters. The first-order valence-electron chi connectivity index (χ1n) is 14.0. The summed E-state index contributed by atoms with van der Waals surface area (Å²) < 4.78 is 17.7. The molecule has 3 amide bonds. The van der Waals surface area contributed by atoms with Crippen molar-refractivity contribution in [2.45, 2.75) is 23.7 Å². The zero-order valence-electron chi connectivity index (χ0n) is 23.8. The van der Waals surface area contributed by atoms with Crippen LogP contribution in [0.2, 0.25) is 0 Å². The van der Waals surface area contributed by atoms with E-state index in [1.807, 2.05) is 12.1 Å². The van der Waals surface area contributed by atoms with Gasteiger partial charge < -0.3 is 24.8 Å². The Morgan fingerprint density at radius 3 is 2.67 bits per heavy atom. The van der Waals surface area contributed by atoms with Gasteiger partial charge in [0.2, 0.25) is 0 Å². The molecule has 43 heavy (non-hydrogen) atoms. The van der Waals surface area contributed by atoms with Crippen LogP contribution in [-0.4, -0.2) is 67.3 Å². The van der Waals surface area contributed by atoms with Gasteiger partial charge in [-0.3, -0.25) is 9.69 Å². The van der Waals surface area contributed by atoms with Crippen LogP contribution in [0.15, 0.2) is 42.7 Å². The zero-order valence-corrected chi connectivity index (χ0v) is 26.8. The fraction of sp³-hybridized carbons (Fsp3) is 0.333. The van der Waals surface area contributed by atoms with Crippen LogP contribution >= 0.6 is 33.9 Å². The number of anilines is 4. The van der Waals surface area contributed by atoms with Gasteiger partial charge in [-0.1, -0.05) is 35.1 Å². The topological polar surface area (TPSA) is 118 Å². The van der Waals surface area contributed by atoms with Crippen LogP contribution in [0.1, 0.15) is 34.5 Å². The van der Waals surface area contributed by atoms with Gasteiger partial charge in [0.25, 0.3) is 5.91 Å². The second-order valence-electron chi connectivity index (χ2n) is 10.1. The Morgan fingerprint density at radius 1 is 1.07 bits per heavy atom. The molecule has 6 rings (SSSR count). The number of methoxy groups -OCH3 is 2. The number of amides is 3. The van der Waals surface area contributed by atoms with E-state index >= 15 is 0 Å². The van der Waals surface area contributed by atoms with E-state index in [9.17, 15) is 9.59 Å². The van der Waals surface area contributed by atoms with Crippen molar-refractivity contribution in [3.63, 3.8) is 0 Å². The van der Waals surface area contributed by atoms with Crippen LogP contribution in [-0.2, 0) is 4.43 Å². The van der Waals surface area contributed by atoms with Crippen LogP contribution in [0.5, 0.6) is 17.2 Å². The molecule has 0 aliphatic carbocycles. The van der Waals surface area contributed by atoms with E-state index in [-0.39, 0.29) is 5.91 Å². The van der Waals surface area contributed by atoms with Crippen molar-refractivity contribution in [2.75, 3.05) is 56.0 Å². The van der Waals surface area contributed by atoms with Gasteiger partial charge in [-0.2, -0.15) is 0 Å². The monoisotopic (exact) mass is 714 g/mol. The average Bonchev–Trinajstić information content (AvgIpc) is 3.41. The minimum atomic E-state index is -0.424. The lowest BCUT2D eigenvalue weighted by molar-refractivity contribution is 0.103. The Kier molecular flexibility index (Phi) is 8.81. The molecular weight excluding hydrogens is 683 g/mol. The number of thiophene rings is 1. The van der Waals surface area contributed by atoms with E-state index < -0.39 is 6.03 Å². The molecular formula is C30H31IN6O5S. The highest BCUT2D eigenvalue weighted by atomic mass is 127. The van der Waals surface area contributed by atoms with E-state index in [2.05, 4.69) is 48.1 Å². The second kappa shape index (κ2) is 12.9. The Balaban J connectivity index is 1.25. The van der Waals surface area contributed by atoms with Gasteiger partial charge in [0.1, 0.15) is 28.4 Å². The number of rotatable bonds is 10. The van der Waals surface area contributed by atoms with Gasteiger partial charge in [0.15, 0.2) is 17.3 Å². The molecule has 0 saturated carbocycles. The van der Waals surface area contributed by atoms with Crippen molar-refractivity contribution in [2.24, 2.45) is 0 Å². The minimum absolute atomic E-state index is 0.324. The molecule has 0 bridgehead atoms. The van der Waals surface area contributed by atoms with Crippen LogP contribution in [0.4, 0.5) is 27.7 Å². The largest absolute Gasteiger partial charge is 0.497 e. The number of ether oxygens (including phenoxy) is 3. The minimum Gasteiger partial charge on any atom is -0.497 e. The van der Waals surface area contributed by atoms with Crippen molar-refractivity contribution in [3.8, 4) is 17.2 Å². The van der Waals surface area contributed by atoms with E-state index in [0.717, 1.165) is 25.2 Å². The highest BCUT2D eigenvalue weighted by molar-refractivity contribution is 14.1. The summed E-state index contributed by atoms with van der Waals surface area (Å²) in [6.07, 6.45) is 5.17. The van der Waals surface area contributed by atoms with Gasteiger partial charge in [0.05, 0.1) is 31.0 Å². The number of nitrogens with zero attached hydrogens (tertiary/aromatic N) is 4. The molecule has 4 heterocycles. The summed E-state index contributed by atoms with van der Waals surface area (Å²) in [6, 6.07) is 10.5. The van der Waals surface area contributed by atoms with Crippen molar-refractivity contribution in [1.82, 2.24) is 14.9 Å². The first-order chi connectivity index (χ1) is 21.0. The second-order valence-corrected chi connectivity index (χ2v) is 11.9. The molecule has 2 aliphatic rings. The standard InChI is InChI=1S/C30H31IN6O5S/c1-40-20-8-6-18(16-31)21(15-20)37-27-24-25(35-30(37)39)26(43-29(24)33-17-32-27)28(38)34-19-7-9-22(23(14-19)41-2)42-13-12-36-10-4-3-5-11-36/h6-9,14-15,17H,3-5,10-13,16H2,1-2H3,(H,34,38)(H,35,39). The summed E-state index contributed by atoms with van der Waals surface area (Å²) in [7, 11) is 3.15. The molecule has 4 aromatic rings. The number of likely N-dealkylation sites (tertiary alicyclic amines) is 1. The Bertz CT molecular complexity index is 1670. The quantitative estimate of drug-likeness (QED) is 0.142. The van der Waals surface area contributed by atoms with Crippen molar-refractivity contribution >= 4 is 79.0 Å². The maximum Gasteiger partial charge on any atom is 0.332 e. The molecule has 224 valence electrons. The maximum atomic E-state index is 13.6. The molecule has 0 atom stereocenters. The van der Waals surface area contributed by atoms with Crippen LogP contribution in [0.25, 0.3) is 10.2 Å². The summed E-state index contributed by atoms with van der Waals surface area (Å²) in [5.41, 5.74) is 2.51. The average molecular weight is 715 g/mol. The number of halogens is 1. The molecule has 13 heteroatoms. The predicted octanol–water partition coefficient (Wildman–Crippen LogP) is 6.44. The van der Waals surface area contributed by atoms with Crippen LogP contribution < -0.4 is 29.7 Å². The molecule has 0 spiro atoms. The van der Waals surface area contributed by atoms with E-state index in [1.165, 1.54) is 41.8 Å². The summed E-state index contributed by atoms with van der Waals surface area (Å²) in [5, 5.41) is 6.46. The first-order valence-corrected chi connectivity index (χ1v) is 16.3. The molecule has 2 aliphatic heterocycles. The number of piperidine rings is 1. The number of urea groups is 1. The third-order valence-corrected chi connectivity index (χ3v) is 9.45. The summed E-state index contributed by atoms with van der Waals surface area (Å²) in [6.45, 7) is 3.64. The SMILES string of the molecule is COc1ccc(CI)c(N2C(=O)Nc3c(C(=O)Nc4ccc(OCCN5CCCCC5)c(OC)c4)sc4ncnc2c34)c1. The molecule has 0 radical (unpaired) electrons. The van der Waals surface area contributed by atoms with Crippen molar-refractivity contribution in [3.05, 3.63) is 53.2 Å². The fourth-order valence-electron chi connectivity index (χ4n) is 5.36. The van der Waals surface area contributed by atoms with Gasteiger partial charge in [0, 0.05) is 28.8 Å². The summed E-state index contributed by atoms with van der Waals surface area (Å²) in [4.78, 5) is 40.8. The Morgan fingerprint density at radius 2 is 1.91 bits per heavy atom. The summed E-state index contributed by atoms with van der Waals surface area (Å²) >= 11 is 3.45. The van der Waals surface area contributed by atoms with Gasteiger partial charge in [-0.05, 0) is 49.7 Å². The molecule has 11 nitrogen and oxygen atoms in total. The fourth-order valence-corrected chi connectivity index (χ4v) is 6.99. The number of benzene rings is 2. The summed E-state index contributed by atoms with van der Waals surface area (Å²) in [5.74, 6) is 1.78. The van der Waals surface area contributed by atoms with E-state index in [4.69, 9.17) is 14.2 Å². The molecule has 1 saturated heterocycles. The molecule has 2 N–H and O–H groups in total. The van der Waals surface area contributed by atoms with Gasteiger partial charge >= 0.3 is 6.03 Å². The lowest BCUT2D eigenvalue weighted by Gasteiger charge is -2.28. The van der Waals surface area contributed by atoms with Crippen molar-refractivity contribution in [1.29, 1.82) is 0 Å². The zero-order chi connectivity index (χ0) is 29.9. The lowest BCUT2D eigenvalue weighted by atomic mass is 10.1. The number of aromatic nitrogens is 2. The molecule has 1 fully saturated rings. The lowest BCUT2D eigenvalue weighted by Crippen LogP contribution is -2.35. The smallest absolute Gasteiger partial charge is 0.332 e. The Labute approximate surface area is 266 Å². The highest BCUT2D eigenvalue weighted by Gasteiger charge is 2.35. The molecule has 2 aromatic carbocycles. The first kappa shape index (κ1) is 29.4. The third-order valence-electron chi connectivity index (χ3n) is 7.53. The van der Waals surface area contributed by atoms with Crippen molar-refractivity contribution < 1.29 is 23.8 Å².